The number of carboxylic acid groups (broad SMARTS) is 1. The summed E-state index contributed by atoms with van der Waals surface area (Å²) in [4.78, 5) is 26.9. The van der Waals surface area contributed by atoms with Crippen molar-refractivity contribution in [1.82, 2.24) is 4.90 Å². The first-order valence-corrected chi connectivity index (χ1v) is 6.95. The van der Waals surface area contributed by atoms with Crippen LogP contribution in [0.1, 0.15) is 19.8 Å². The zero-order valence-corrected chi connectivity index (χ0v) is 11.7. The lowest BCUT2D eigenvalue weighted by Crippen LogP contribution is -2.45. The molecule has 1 heterocycles. The number of amides is 1. The Balaban J connectivity index is 2.04. The Morgan fingerprint density at radius 1 is 1.35 bits per heavy atom. The number of likely N-dealkylation sites (tertiary alicyclic amines) is 1. The van der Waals surface area contributed by atoms with Crippen LogP contribution in [0.25, 0.3) is 0 Å². The van der Waals surface area contributed by atoms with Gasteiger partial charge in [0.15, 0.2) is 0 Å². The van der Waals surface area contributed by atoms with E-state index >= 15 is 0 Å². The number of carboxylic acids is 1. The standard InChI is InChI=1S/C15H20N2O3/c1-2-16(12-7-4-3-5-8-12)11-14(18)17-10-6-9-13(17)15(19)20/h3-5,7-8,13H,2,6,9-11H2,1H3,(H,19,20). The van der Waals surface area contributed by atoms with E-state index < -0.39 is 12.0 Å². The van der Waals surface area contributed by atoms with Crippen LogP contribution in [-0.2, 0) is 9.59 Å². The number of benzene rings is 1. The molecule has 1 aromatic rings. The Kier molecular flexibility index (Phi) is 4.61. The summed E-state index contributed by atoms with van der Waals surface area (Å²) in [6.45, 7) is 3.46. The molecule has 1 aliphatic heterocycles. The summed E-state index contributed by atoms with van der Waals surface area (Å²) in [6, 6.07) is 9.04. The van der Waals surface area contributed by atoms with Crippen molar-refractivity contribution in [3.8, 4) is 0 Å². The van der Waals surface area contributed by atoms with Crippen LogP contribution in [-0.4, -0.2) is 47.6 Å². The second kappa shape index (κ2) is 6.41. The van der Waals surface area contributed by atoms with E-state index in [9.17, 15) is 9.59 Å². The van der Waals surface area contributed by atoms with E-state index in [0.717, 1.165) is 12.1 Å². The molecular formula is C15H20N2O3. The van der Waals surface area contributed by atoms with Crippen LogP contribution in [0.3, 0.4) is 0 Å². The molecular weight excluding hydrogens is 256 g/mol. The topological polar surface area (TPSA) is 60.9 Å². The highest BCUT2D eigenvalue weighted by molar-refractivity contribution is 5.87. The zero-order chi connectivity index (χ0) is 14.5. The van der Waals surface area contributed by atoms with Crippen molar-refractivity contribution in [3.63, 3.8) is 0 Å². The van der Waals surface area contributed by atoms with Gasteiger partial charge < -0.3 is 14.9 Å². The Morgan fingerprint density at radius 2 is 2.05 bits per heavy atom. The molecule has 5 nitrogen and oxygen atoms in total. The van der Waals surface area contributed by atoms with Gasteiger partial charge in [0.1, 0.15) is 6.04 Å². The molecule has 1 aromatic carbocycles. The van der Waals surface area contributed by atoms with Gasteiger partial charge in [0.05, 0.1) is 6.54 Å². The number of likely N-dealkylation sites (N-methyl/N-ethyl adjacent to an activating group) is 1. The molecule has 1 unspecified atom stereocenters. The molecule has 0 bridgehead atoms. The average molecular weight is 276 g/mol. The fourth-order valence-corrected chi connectivity index (χ4v) is 2.60. The normalized spacial score (nSPS) is 18.1. The lowest BCUT2D eigenvalue weighted by molar-refractivity contribution is -0.147. The van der Waals surface area contributed by atoms with Crippen LogP contribution >= 0.6 is 0 Å². The molecule has 1 aliphatic rings. The molecule has 1 atom stereocenters. The van der Waals surface area contributed by atoms with Crippen molar-refractivity contribution in [2.75, 3.05) is 24.5 Å². The third kappa shape index (κ3) is 3.10. The summed E-state index contributed by atoms with van der Waals surface area (Å²) < 4.78 is 0. The first kappa shape index (κ1) is 14.4. The summed E-state index contributed by atoms with van der Waals surface area (Å²) in [5.74, 6) is -1.01. The molecule has 1 N–H and O–H groups in total. The molecule has 1 saturated heterocycles. The molecule has 0 saturated carbocycles. The van der Waals surface area contributed by atoms with Gasteiger partial charge in [-0.25, -0.2) is 4.79 Å². The SMILES string of the molecule is CCN(CC(=O)N1CCCC1C(=O)O)c1ccccc1. The van der Waals surface area contributed by atoms with E-state index in [1.54, 1.807) is 0 Å². The van der Waals surface area contributed by atoms with Crippen LogP contribution in [0.4, 0.5) is 5.69 Å². The molecule has 1 amide bonds. The molecule has 0 spiro atoms. The first-order valence-electron chi connectivity index (χ1n) is 6.95. The molecule has 20 heavy (non-hydrogen) atoms. The lowest BCUT2D eigenvalue weighted by Gasteiger charge is -2.27. The van der Waals surface area contributed by atoms with Crippen LogP contribution in [0.15, 0.2) is 30.3 Å². The maximum absolute atomic E-state index is 12.3. The maximum Gasteiger partial charge on any atom is 0.326 e. The maximum atomic E-state index is 12.3. The van der Waals surface area contributed by atoms with Crippen LogP contribution in [0.5, 0.6) is 0 Å². The van der Waals surface area contributed by atoms with E-state index in [4.69, 9.17) is 5.11 Å². The molecule has 1 fully saturated rings. The number of anilines is 1. The number of para-hydroxylation sites is 1. The molecule has 2 rings (SSSR count). The van der Waals surface area contributed by atoms with Crippen molar-refractivity contribution in [2.24, 2.45) is 0 Å². The third-order valence-electron chi connectivity index (χ3n) is 3.69. The number of hydrogen-bond acceptors (Lipinski definition) is 3. The molecule has 108 valence electrons. The summed E-state index contributed by atoms with van der Waals surface area (Å²) in [7, 11) is 0. The minimum atomic E-state index is -0.904. The fraction of sp³-hybridized carbons (Fsp3) is 0.467. The molecule has 0 aromatic heterocycles. The van der Waals surface area contributed by atoms with Crippen LogP contribution in [0, 0.1) is 0 Å². The second-order valence-electron chi connectivity index (χ2n) is 4.93. The number of aliphatic carboxylic acids is 1. The fourth-order valence-electron chi connectivity index (χ4n) is 2.60. The molecule has 5 heteroatoms. The number of nitrogens with zero attached hydrogens (tertiary/aromatic N) is 2. The minimum Gasteiger partial charge on any atom is -0.480 e. The van der Waals surface area contributed by atoms with Crippen molar-refractivity contribution in [1.29, 1.82) is 0 Å². The third-order valence-corrected chi connectivity index (χ3v) is 3.69. The Morgan fingerprint density at radius 3 is 2.65 bits per heavy atom. The first-order chi connectivity index (χ1) is 9.63. The highest BCUT2D eigenvalue weighted by atomic mass is 16.4. The molecule has 0 radical (unpaired) electrons. The average Bonchev–Trinajstić information content (AvgIpc) is 2.95. The van der Waals surface area contributed by atoms with Gasteiger partial charge in [-0.3, -0.25) is 4.79 Å². The lowest BCUT2D eigenvalue weighted by atomic mass is 10.2. The van der Waals surface area contributed by atoms with Crippen molar-refractivity contribution in [3.05, 3.63) is 30.3 Å². The monoisotopic (exact) mass is 276 g/mol. The quantitative estimate of drug-likeness (QED) is 0.887. The van der Waals surface area contributed by atoms with Crippen LogP contribution < -0.4 is 4.90 Å². The second-order valence-corrected chi connectivity index (χ2v) is 4.93. The van der Waals surface area contributed by atoms with E-state index in [2.05, 4.69) is 0 Å². The number of carbonyl (C=O) groups excluding carboxylic acids is 1. The predicted octanol–water partition coefficient (Wildman–Crippen LogP) is 1.59. The van der Waals surface area contributed by atoms with E-state index in [-0.39, 0.29) is 12.5 Å². The van der Waals surface area contributed by atoms with Gasteiger partial charge in [-0.15, -0.1) is 0 Å². The van der Waals surface area contributed by atoms with Crippen LogP contribution in [0.2, 0.25) is 0 Å². The van der Waals surface area contributed by atoms with Gasteiger partial charge >= 0.3 is 5.97 Å². The summed E-state index contributed by atoms with van der Waals surface area (Å²) in [5, 5.41) is 9.13. The smallest absolute Gasteiger partial charge is 0.326 e. The van der Waals surface area contributed by atoms with Gasteiger partial charge in [0.25, 0.3) is 0 Å². The van der Waals surface area contributed by atoms with Gasteiger partial charge in [0.2, 0.25) is 5.91 Å². The van der Waals surface area contributed by atoms with E-state index in [0.29, 0.717) is 19.5 Å². The van der Waals surface area contributed by atoms with E-state index in [1.807, 2.05) is 42.2 Å². The van der Waals surface area contributed by atoms with Crippen molar-refractivity contribution in [2.45, 2.75) is 25.8 Å². The van der Waals surface area contributed by atoms with Gasteiger partial charge in [0, 0.05) is 18.8 Å². The van der Waals surface area contributed by atoms with E-state index in [1.165, 1.54) is 4.90 Å². The highest BCUT2D eigenvalue weighted by Crippen LogP contribution is 2.19. The number of rotatable bonds is 5. The summed E-state index contributed by atoms with van der Waals surface area (Å²) in [5.41, 5.74) is 0.981. The van der Waals surface area contributed by atoms with Gasteiger partial charge in [-0.1, -0.05) is 18.2 Å². The zero-order valence-electron chi connectivity index (χ0n) is 11.7. The minimum absolute atomic E-state index is 0.111. The largest absolute Gasteiger partial charge is 0.480 e. The van der Waals surface area contributed by atoms with Crippen molar-refractivity contribution >= 4 is 17.6 Å². The summed E-state index contributed by atoms with van der Waals surface area (Å²) in [6.07, 6.45) is 1.32. The number of hydrogen-bond donors (Lipinski definition) is 1. The molecule has 0 aliphatic carbocycles. The number of carbonyl (C=O) groups is 2. The van der Waals surface area contributed by atoms with Crippen molar-refractivity contribution < 1.29 is 14.7 Å². The highest BCUT2D eigenvalue weighted by Gasteiger charge is 2.34. The van der Waals surface area contributed by atoms with Gasteiger partial charge in [-0.2, -0.15) is 0 Å². The Bertz CT molecular complexity index is 475. The Labute approximate surface area is 118 Å². The Hall–Kier alpha value is -2.04. The summed E-state index contributed by atoms with van der Waals surface area (Å²) >= 11 is 0. The van der Waals surface area contributed by atoms with Gasteiger partial charge in [-0.05, 0) is 31.9 Å². The predicted molar refractivity (Wildman–Crippen MR) is 76.7 cm³/mol.